The minimum absolute atomic E-state index is 0.0211. The molecule has 0 unspecified atom stereocenters. The first kappa shape index (κ1) is 18.3. The summed E-state index contributed by atoms with van der Waals surface area (Å²) in [4.78, 5) is 24.6. The van der Waals surface area contributed by atoms with Gasteiger partial charge in [0, 0.05) is 9.92 Å². The Morgan fingerprint density at radius 3 is 2.62 bits per heavy atom. The molecule has 2 aromatic rings. The van der Waals surface area contributed by atoms with Crippen LogP contribution in [0.15, 0.2) is 53.4 Å². The van der Waals surface area contributed by atoms with Gasteiger partial charge >= 0.3 is 5.97 Å². The molecular formula is C17H15ClFNO3S. The molecule has 7 heteroatoms. The molecule has 2 rings (SSSR count). The molecule has 0 aliphatic rings. The van der Waals surface area contributed by atoms with Gasteiger partial charge in [-0.25, -0.2) is 4.39 Å². The predicted octanol–water partition coefficient (Wildman–Crippen LogP) is 4.14. The Balaban J connectivity index is 1.81. The van der Waals surface area contributed by atoms with Crippen molar-refractivity contribution < 1.29 is 18.7 Å². The molecule has 0 bridgehead atoms. The Morgan fingerprint density at radius 2 is 1.96 bits per heavy atom. The van der Waals surface area contributed by atoms with Gasteiger partial charge in [-0.2, -0.15) is 0 Å². The van der Waals surface area contributed by atoms with Gasteiger partial charge in [0.2, 0.25) is 0 Å². The molecule has 1 atom stereocenters. The zero-order valence-corrected chi connectivity index (χ0v) is 14.4. The van der Waals surface area contributed by atoms with Crippen LogP contribution < -0.4 is 5.32 Å². The van der Waals surface area contributed by atoms with Gasteiger partial charge in [-0.05, 0) is 37.3 Å². The van der Waals surface area contributed by atoms with E-state index in [2.05, 4.69) is 5.32 Å². The number of amides is 1. The number of rotatable bonds is 6. The van der Waals surface area contributed by atoms with E-state index in [-0.39, 0.29) is 10.7 Å². The largest absolute Gasteiger partial charge is 0.455 e. The summed E-state index contributed by atoms with van der Waals surface area (Å²) in [5.74, 6) is -1.80. The lowest BCUT2D eigenvalue weighted by atomic mass is 10.3. The topological polar surface area (TPSA) is 55.4 Å². The van der Waals surface area contributed by atoms with Crippen molar-refractivity contribution >= 4 is 40.9 Å². The molecule has 24 heavy (non-hydrogen) atoms. The lowest BCUT2D eigenvalue weighted by Crippen LogP contribution is -2.25. The second kappa shape index (κ2) is 8.70. The van der Waals surface area contributed by atoms with Crippen LogP contribution in [0.25, 0.3) is 0 Å². The van der Waals surface area contributed by atoms with Gasteiger partial charge in [0.15, 0.2) is 6.61 Å². The fourth-order valence-electron chi connectivity index (χ4n) is 1.78. The van der Waals surface area contributed by atoms with E-state index in [4.69, 9.17) is 16.3 Å². The van der Waals surface area contributed by atoms with E-state index in [0.717, 1.165) is 11.0 Å². The highest BCUT2D eigenvalue weighted by Crippen LogP contribution is 2.23. The summed E-state index contributed by atoms with van der Waals surface area (Å²) in [7, 11) is 0. The molecule has 2 aromatic carbocycles. The standard InChI is InChI=1S/C17H15ClFNO3S/c1-11(24-13-5-3-2-4-6-13)17(22)23-10-16(21)20-15-8-7-12(18)9-14(15)19/h2-9,11H,10H2,1H3,(H,20,21)/t11-/m1/s1. The van der Waals surface area contributed by atoms with Gasteiger partial charge < -0.3 is 10.1 Å². The number of benzene rings is 2. The highest BCUT2D eigenvalue weighted by Gasteiger charge is 2.17. The van der Waals surface area contributed by atoms with Crippen LogP contribution >= 0.6 is 23.4 Å². The van der Waals surface area contributed by atoms with Crippen molar-refractivity contribution in [2.45, 2.75) is 17.1 Å². The van der Waals surface area contributed by atoms with Crippen LogP contribution in [0.1, 0.15) is 6.92 Å². The van der Waals surface area contributed by atoms with Crippen molar-refractivity contribution in [1.29, 1.82) is 0 Å². The number of hydrogen-bond donors (Lipinski definition) is 1. The van der Waals surface area contributed by atoms with Gasteiger partial charge in [-0.15, -0.1) is 11.8 Å². The van der Waals surface area contributed by atoms with E-state index in [1.807, 2.05) is 30.3 Å². The quantitative estimate of drug-likeness (QED) is 0.615. The van der Waals surface area contributed by atoms with Crippen LogP contribution in [0, 0.1) is 5.82 Å². The summed E-state index contributed by atoms with van der Waals surface area (Å²) in [6, 6.07) is 13.3. The molecule has 0 aliphatic heterocycles. The Bertz CT molecular complexity index is 727. The number of nitrogens with one attached hydrogen (secondary N) is 1. The van der Waals surface area contributed by atoms with E-state index in [9.17, 15) is 14.0 Å². The second-order valence-electron chi connectivity index (χ2n) is 4.85. The third-order valence-electron chi connectivity index (χ3n) is 2.94. The number of anilines is 1. The lowest BCUT2D eigenvalue weighted by molar-refractivity contribution is -0.146. The van der Waals surface area contributed by atoms with Crippen LogP contribution in [0.4, 0.5) is 10.1 Å². The number of halogens is 2. The number of thioether (sulfide) groups is 1. The van der Waals surface area contributed by atoms with E-state index in [1.54, 1.807) is 6.92 Å². The van der Waals surface area contributed by atoms with Crippen LogP contribution in [0.3, 0.4) is 0 Å². The van der Waals surface area contributed by atoms with E-state index in [1.165, 1.54) is 23.9 Å². The normalized spacial score (nSPS) is 11.6. The van der Waals surface area contributed by atoms with Crippen LogP contribution in [-0.4, -0.2) is 23.7 Å². The SMILES string of the molecule is C[C@@H](Sc1ccccc1)C(=O)OCC(=O)Nc1ccc(Cl)cc1F. The van der Waals surface area contributed by atoms with Gasteiger partial charge in [-0.3, -0.25) is 9.59 Å². The fourth-order valence-corrected chi connectivity index (χ4v) is 2.83. The predicted molar refractivity (Wildman–Crippen MR) is 92.8 cm³/mol. The number of ether oxygens (including phenoxy) is 1. The maximum atomic E-state index is 13.6. The summed E-state index contributed by atoms with van der Waals surface area (Å²) in [6.07, 6.45) is 0. The maximum Gasteiger partial charge on any atom is 0.319 e. The molecule has 0 saturated carbocycles. The molecule has 1 amide bonds. The smallest absolute Gasteiger partial charge is 0.319 e. The fraction of sp³-hybridized carbons (Fsp3) is 0.176. The van der Waals surface area contributed by atoms with E-state index in [0.29, 0.717) is 0 Å². The van der Waals surface area contributed by atoms with Gasteiger partial charge in [-0.1, -0.05) is 29.8 Å². The van der Waals surface area contributed by atoms with Crippen molar-refractivity contribution in [3.8, 4) is 0 Å². The summed E-state index contributed by atoms with van der Waals surface area (Å²) in [5.41, 5.74) is -0.0211. The summed E-state index contributed by atoms with van der Waals surface area (Å²) < 4.78 is 18.5. The van der Waals surface area contributed by atoms with Crippen LogP contribution in [0.2, 0.25) is 5.02 Å². The summed E-state index contributed by atoms with van der Waals surface area (Å²) >= 11 is 6.96. The number of esters is 1. The zero-order valence-electron chi connectivity index (χ0n) is 12.8. The average molecular weight is 368 g/mol. The molecule has 126 valence electrons. The minimum Gasteiger partial charge on any atom is -0.455 e. The monoisotopic (exact) mass is 367 g/mol. The minimum atomic E-state index is -0.657. The van der Waals surface area contributed by atoms with Crippen molar-refractivity contribution in [2.24, 2.45) is 0 Å². The molecule has 0 aliphatic carbocycles. The highest BCUT2D eigenvalue weighted by molar-refractivity contribution is 8.00. The first-order valence-electron chi connectivity index (χ1n) is 7.09. The first-order chi connectivity index (χ1) is 11.5. The van der Waals surface area contributed by atoms with Crippen molar-refractivity contribution in [2.75, 3.05) is 11.9 Å². The molecular weight excluding hydrogens is 353 g/mol. The highest BCUT2D eigenvalue weighted by atomic mass is 35.5. The third-order valence-corrected chi connectivity index (χ3v) is 4.26. The number of carbonyl (C=O) groups is 2. The molecule has 0 spiro atoms. The summed E-state index contributed by atoms with van der Waals surface area (Å²) in [6.45, 7) is 1.21. The maximum absolute atomic E-state index is 13.6. The molecule has 0 radical (unpaired) electrons. The van der Waals surface area contributed by atoms with E-state index < -0.39 is 29.6 Å². The Hall–Kier alpha value is -2.05. The Kier molecular flexibility index (Phi) is 6.63. The lowest BCUT2D eigenvalue weighted by Gasteiger charge is -2.11. The first-order valence-corrected chi connectivity index (χ1v) is 8.34. The van der Waals surface area contributed by atoms with Crippen LogP contribution in [-0.2, 0) is 14.3 Å². The third kappa shape index (κ3) is 5.54. The van der Waals surface area contributed by atoms with Crippen LogP contribution in [0.5, 0.6) is 0 Å². The van der Waals surface area contributed by atoms with Crippen molar-refractivity contribution in [3.05, 3.63) is 59.4 Å². The number of carbonyl (C=O) groups excluding carboxylic acids is 2. The second-order valence-corrected chi connectivity index (χ2v) is 6.70. The molecule has 0 heterocycles. The molecule has 4 nitrogen and oxygen atoms in total. The van der Waals surface area contributed by atoms with Gasteiger partial charge in [0.25, 0.3) is 5.91 Å². The zero-order chi connectivity index (χ0) is 17.5. The number of hydrogen-bond acceptors (Lipinski definition) is 4. The Labute approximate surface area is 148 Å². The molecule has 1 N–H and O–H groups in total. The Morgan fingerprint density at radius 1 is 1.25 bits per heavy atom. The van der Waals surface area contributed by atoms with E-state index >= 15 is 0 Å². The van der Waals surface area contributed by atoms with Gasteiger partial charge in [0.05, 0.1) is 5.69 Å². The average Bonchev–Trinajstić information content (AvgIpc) is 2.56. The van der Waals surface area contributed by atoms with Crippen molar-refractivity contribution in [3.63, 3.8) is 0 Å². The summed E-state index contributed by atoms with van der Waals surface area (Å²) in [5, 5.41) is 2.09. The molecule has 0 fully saturated rings. The van der Waals surface area contributed by atoms with Gasteiger partial charge in [0.1, 0.15) is 11.1 Å². The van der Waals surface area contributed by atoms with Crippen molar-refractivity contribution in [1.82, 2.24) is 0 Å². The molecule has 0 aromatic heterocycles. The molecule has 0 saturated heterocycles.